The number of fused-ring (bicyclic) bond motifs is 1. The number of halogens is 4. The van der Waals surface area contributed by atoms with Crippen LogP contribution in [0.15, 0.2) is 73.4 Å². The molecule has 186 valence electrons. The van der Waals surface area contributed by atoms with Crippen molar-refractivity contribution in [1.82, 2.24) is 9.66 Å². The van der Waals surface area contributed by atoms with Gasteiger partial charge in [-0.15, -0.1) is 13.2 Å². The van der Waals surface area contributed by atoms with Gasteiger partial charge in [-0.2, -0.15) is 9.78 Å². The zero-order valence-corrected chi connectivity index (χ0v) is 20.6. The van der Waals surface area contributed by atoms with Crippen LogP contribution in [0, 0.1) is 0 Å². The molecule has 0 radical (unpaired) electrons. The fraction of sp³-hybridized carbons (Fsp3) is 0.269. The molecule has 1 aliphatic rings. The molecule has 0 saturated heterocycles. The molecule has 0 amide bonds. The van der Waals surface area contributed by atoms with Crippen molar-refractivity contribution < 1.29 is 22.3 Å². The first-order chi connectivity index (χ1) is 17.3. The number of ether oxygens (including phenoxy) is 1. The van der Waals surface area contributed by atoms with Gasteiger partial charge in [0, 0.05) is 16.0 Å². The Hall–Kier alpha value is -3.40. The van der Waals surface area contributed by atoms with E-state index in [0.717, 1.165) is 30.2 Å². The zero-order chi connectivity index (χ0) is 25.3. The highest BCUT2D eigenvalue weighted by Gasteiger charge is 2.31. The molecule has 2 aromatic heterocycles. The number of alkyl halides is 3. The average molecular weight is 560 g/mol. The third kappa shape index (κ3) is 5.38. The van der Waals surface area contributed by atoms with Crippen LogP contribution in [0.5, 0.6) is 5.75 Å². The molecule has 4 aromatic rings. The van der Waals surface area contributed by atoms with E-state index in [0.29, 0.717) is 33.8 Å². The van der Waals surface area contributed by atoms with Gasteiger partial charge >= 0.3 is 6.36 Å². The Labute approximate surface area is 212 Å². The van der Waals surface area contributed by atoms with E-state index < -0.39 is 6.36 Å². The van der Waals surface area contributed by atoms with Crippen LogP contribution >= 0.6 is 15.9 Å². The molecule has 1 aliphatic carbocycles. The first kappa shape index (κ1) is 24.3. The lowest BCUT2D eigenvalue weighted by molar-refractivity contribution is -0.274. The maximum atomic E-state index is 13.4. The smallest absolute Gasteiger partial charge is 0.455 e. The summed E-state index contributed by atoms with van der Waals surface area (Å²) in [5.74, 6) is 1.29. The van der Waals surface area contributed by atoms with Crippen molar-refractivity contribution in [1.29, 1.82) is 0 Å². The Morgan fingerprint density at radius 3 is 2.53 bits per heavy atom. The molecule has 10 heteroatoms. The predicted octanol–water partition coefficient (Wildman–Crippen LogP) is 7.25. The summed E-state index contributed by atoms with van der Waals surface area (Å²) in [6, 6.07) is 14.1. The Kier molecular flexibility index (Phi) is 6.70. The number of hydrogen-bond acceptors (Lipinski definition) is 5. The molecule has 6 nitrogen and oxygen atoms in total. The summed E-state index contributed by atoms with van der Waals surface area (Å²) < 4.78 is 49.0. The molecular weight excluding hydrogens is 539 g/mol. The van der Waals surface area contributed by atoms with Gasteiger partial charge in [0.1, 0.15) is 23.1 Å². The number of benzene rings is 2. The van der Waals surface area contributed by atoms with Crippen LogP contribution < -0.4 is 10.3 Å². The SMILES string of the molecule is O=c1c2cc(Br)ccc2nc(C2CCCCC2)n1N=Cc1ccc(-c2ccc(OC(F)(F)F)cc2)o1. The van der Waals surface area contributed by atoms with Gasteiger partial charge in [-0.3, -0.25) is 4.79 Å². The largest absolute Gasteiger partial charge is 0.573 e. The van der Waals surface area contributed by atoms with Gasteiger partial charge in [0.15, 0.2) is 0 Å². The highest BCUT2D eigenvalue weighted by Crippen LogP contribution is 2.32. The molecule has 0 N–H and O–H groups in total. The van der Waals surface area contributed by atoms with Gasteiger partial charge in [0.25, 0.3) is 5.56 Å². The maximum absolute atomic E-state index is 13.4. The number of aromatic nitrogens is 2. The maximum Gasteiger partial charge on any atom is 0.573 e. The summed E-state index contributed by atoms with van der Waals surface area (Å²) in [5.41, 5.74) is 0.945. The monoisotopic (exact) mass is 559 g/mol. The second-order valence-electron chi connectivity index (χ2n) is 8.60. The lowest BCUT2D eigenvalue weighted by atomic mass is 9.88. The molecule has 0 aliphatic heterocycles. The predicted molar refractivity (Wildman–Crippen MR) is 133 cm³/mol. The molecule has 5 rings (SSSR count). The van der Waals surface area contributed by atoms with E-state index in [9.17, 15) is 18.0 Å². The molecule has 1 saturated carbocycles. The zero-order valence-electron chi connectivity index (χ0n) is 19.0. The number of hydrogen-bond donors (Lipinski definition) is 0. The Morgan fingerprint density at radius 1 is 1.06 bits per heavy atom. The summed E-state index contributed by atoms with van der Waals surface area (Å²) in [7, 11) is 0. The van der Waals surface area contributed by atoms with Crippen molar-refractivity contribution in [3.05, 3.63) is 81.0 Å². The molecule has 0 bridgehead atoms. The molecular formula is C26H21BrF3N3O3. The quantitative estimate of drug-likeness (QED) is 0.241. The number of furan rings is 1. The van der Waals surface area contributed by atoms with Crippen molar-refractivity contribution in [2.24, 2.45) is 5.10 Å². The van der Waals surface area contributed by atoms with Crippen LogP contribution in [-0.4, -0.2) is 22.2 Å². The summed E-state index contributed by atoms with van der Waals surface area (Å²) in [5, 5.41) is 4.92. The van der Waals surface area contributed by atoms with Crippen LogP contribution in [0.2, 0.25) is 0 Å². The molecule has 0 atom stereocenters. The van der Waals surface area contributed by atoms with Crippen molar-refractivity contribution >= 4 is 33.0 Å². The number of nitrogens with zero attached hydrogens (tertiary/aromatic N) is 3. The van der Waals surface area contributed by atoms with Crippen molar-refractivity contribution in [3.63, 3.8) is 0 Å². The van der Waals surface area contributed by atoms with E-state index in [1.54, 1.807) is 18.2 Å². The number of rotatable bonds is 5. The van der Waals surface area contributed by atoms with Crippen LogP contribution in [0.1, 0.15) is 49.6 Å². The van der Waals surface area contributed by atoms with Crippen LogP contribution in [0.4, 0.5) is 13.2 Å². The van der Waals surface area contributed by atoms with Crippen molar-refractivity contribution in [2.75, 3.05) is 0 Å². The van der Waals surface area contributed by atoms with Crippen LogP contribution in [0.25, 0.3) is 22.2 Å². The lowest BCUT2D eigenvalue weighted by Crippen LogP contribution is -2.25. The Morgan fingerprint density at radius 2 is 1.81 bits per heavy atom. The second-order valence-corrected chi connectivity index (χ2v) is 9.52. The first-order valence-electron chi connectivity index (χ1n) is 11.5. The average Bonchev–Trinajstić information content (AvgIpc) is 3.33. The van der Waals surface area contributed by atoms with Gasteiger partial charge in [-0.05, 0) is 67.4 Å². The van der Waals surface area contributed by atoms with Gasteiger partial charge in [0.05, 0.1) is 17.1 Å². The highest BCUT2D eigenvalue weighted by atomic mass is 79.9. The van der Waals surface area contributed by atoms with Crippen molar-refractivity contribution in [3.8, 4) is 17.1 Å². The van der Waals surface area contributed by atoms with E-state index in [2.05, 4.69) is 25.8 Å². The summed E-state index contributed by atoms with van der Waals surface area (Å²) in [6.07, 6.45) is 1.92. The summed E-state index contributed by atoms with van der Waals surface area (Å²) in [4.78, 5) is 18.2. The van der Waals surface area contributed by atoms with E-state index in [4.69, 9.17) is 9.40 Å². The minimum atomic E-state index is -4.75. The topological polar surface area (TPSA) is 69.6 Å². The molecule has 0 spiro atoms. The minimum absolute atomic E-state index is 0.140. The lowest BCUT2D eigenvalue weighted by Gasteiger charge is -2.22. The molecule has 36 heavy (non-hydrogen) atoms. The second kappa shape index (κ2) is 9.93. The van der Waals surface area contributed by atoms with Crippen molar-refractivity contribution in [2.45, 2.75) is 44.4 Å². The molecule has 1 fully saturated rings. The Balaban J connectivity index is 1.46. The standard InChI is InChI=1S/C26H21BrF3N3O3/c27-18-8-12-22-21(14-18)25(34)33(24(32-22)17-4-2-1-3-5-17)31-15-20-11-13-23(35-20)16-6-9-19(10-7-16)36-26(28,29)30/h6-15,17H,1-5H2. The van der Waals surface area contributed by atoms with E-state index in [1.165, 1.54) is 41.6 Å². The van der Waals surface area contributed by atoms with Gasteiger partial charge in [-0.25, -0.2) is 4.98 Å². The normalized spacial score (nSPS) is 15.1. The highest BCUT2D eigenvalue weighted by molar-refractivity contribution is 9.10. The van der Waals surface area contributed by atoms with Crippen LogP contribution in [0.3, 0.4) is 0 Å². The van der Waals surface area contributed by atoms with Gasteiger partial charge in [0.2, 0.25) is 0 Å². The van der Waals surface area contributed by atoms with Crippen LogP contribution in [-0.2, 0) is 0 Å². The third-order valence-corrected chi connectivity index (χ3v) is 6.60. The minimum Gasteiger partial charge on any atom is -0.455 e. The summed E-state index contributed by atoms with van der Waals surface area (Å²) >= 11 is 3.41. The fourth-order valence-corrected chi connectivity index (χ4v) is 4.78. The molecule has 0 unspecified atom stereocenters. The van der Waals surface area contributed by atoms with E-state index in [-0.39, 0.29) is 17.2 Å². The molecule has 2 aromatic carbocycles. The van der Waals surface area contributed by atoms with Gasteiger partial charge < -0.3 is 9.15 Å². The van der Waals surface area contributed by atoms with E-state index in [1.807, 2.05) is 12.1 Å². The first-order valence-corrected chi connectivity index (χ1v) is 12.3. The Bertz CT molecular complexity index is 1470. The van der Waals surface area contributed by atoms with E-state index >= 15 is 0 Å². The fourth-order valence-electron chi connectivity index (χ4n) is 4.42. The third-order valence-electron chi connectivity index (χ3n) is 6.10. The summed E-state index contributed by atoms with van der Waals surface area (Å²) in [6.45, 7) is 0. The van der Waals surface area contributed by atoms with Gasteiger partial charge in [-0.1, -0.05) is 35.2 Å². The molecule has 2 heterocycles.